The minimum absolute atomic E-state index is 0. The first-order chi connectivity index (χ1) is 4.16. The third-order valence-corrected chi connectivity index (χ3v) is 0.879. The predicted molar refractivity (Wildman–Crippen MR) is 40.6 cm³/mol. The van der Waals surface area contributed by atoms with Gasteiger partial charge in [-0.2, -0.15) is 0 Å². The van der Waals surface area contributed by atoms with Crippen LogP contribution in [0.5, 0.6) is 0 Å². The van der Waals surface area contributed by atoms with E-state index >= 15 is 0 Å². The Labute approximate surface area is 83.0 Å². The van der Waals surface area contributed by atoms with Crippen molar-refractivity contribution in [2.75, 3.05) is 13.2 Å². The van der Waals surface area contributed by atoms with Gasteiger partial charge >= 0.3 is 23.1 Å². The summed E-state index contributed by atoms with van der Waals surface area (Å²) >= 11 is 0. The standard InChI is InChI=1S/C6H14O3.Mg.O/c1-5(8)4-9-6(2)3-7;;/h5-8H,3-4H2,1-2H3;;/q;+2;-2. The molecule has 0 aliphatic heterocycles. The molecule has 0 amide bonds. The van der Waals surface area contributed by atoms with E-state index in [1.807, 2.05) is 0 Å². The summed E-state index contributed by atoms with van der Waals surface area (Å²) in [6.45, 7) is 3.70. The number of ether oxygens (including phenoxy) is 1. The number of hydrogen-bond donors (Lipinski definition) is 2. The summed E-state index contributed by atoms with van der Waals surface area (Å²) in [4.78, 5) is 0. The largest absolute Gasteiger partial charge is 2.00 e. The van der Waals surface area contributed by atoms with Gasteiger partial charge in [0.15, 0.2) is 0 Å². The summed E-state index contributed by atoms with van der Waals surface area (Å²) in [6.07, 6.45) is -0.612. The van der Waals surface area contributed by atoms with E-state index in [1.54, 1.807) is 13.8 Å². The molecule has 0 saturated heterocycles. The fourth-order valence-corrected chi connectivity index (χ4v) is 0.356. The predicted octanol–water partition coefficient (Wildman–Crippen LogP) is -0.735. The average Bonchev–Trinajstić information content (AvgIpc) is 1.83. The molecule has 0 fully saturated rings. The quantitative estimate of drug-likeness (QED) is 0.552. The van der Waals surface area contributed by atoms with Gasteiger partial charge in [-0.05, 0) is 13.8 Å². The summed E-state index contributed by atoms with van der Waals surface area (Å²) in [6, 6.07) is 0. The van der Waals surface area contributed by atoms with Gasteiger partial charge in [-0.1, -0.05) is 0 Å². The van der Waals surface area contributed by atoms with Gasteiger partial charge in [0.25, 0.3) is 0 Å². The Morgan fingerprint density at radius 3 is 2.09 bits per heavy atom. The normalized spacial score (nSPS) is 14.2. The second-order valence-electron chi connectivity index (χ2n) is 2.18. The molecule has 64 valence electrons. The van der Waals surface area contributed by atoms with Gasteiger partial charge in [0.05, 0.1) is 25.4 Å². The zero-order chi connectivity index (χ0) is 7.28. The fraction of sp³-hybridized carbons (Fsp3) is 1.00. The van der Waals surface area contributed by atoms with Crippen LogP contribution in [-0.4, -0.2) is 58.7 Å². The summed E-state index contributed by atoms with van der Waals surface area (Å²) in [5, 5.41) is 17.1. The van der Waals surface area contributed by atoms with Crippen LogP contribution in [0.3, 0.4) is 0 Å². The van der Waals surface area contributed by atoms with Gasteiger partial charge in [0.1, 0.15) is 0 Å². The Kier molecular flexibility index (Phi) is 17.0. The zero-order valence-corrected chi connectivity index (χ0v) is 8.40. The Bertz CT molecular complexity index is 69.6. The van der Waals surface area contributed by atoms with Crippen LogP contribution in [0.15, 0.2) is 0 Å². The third kappa shape index (κ3) is 13.6. The maximum absolute atomic E-state index is 8.69. The van der Waals surface area contributed by atoms with Crippen LogP contribution in [0.4, 0.5) is 0 Å². The monoisotopic (exact) mass is 174 g/mol. The maximum atomic E-state index is 8.69. The van der Waals surface area contributed by atoms with Crippen molar-refractivity contribution in [3.05, 3.63) is 0 Å². The Hall–Kier alpha value is 0.606. The van der Waals surface area contributed by atoms with E-state index in [9.17, 15) is 0 Å². The van der Waals surface area contributed by atoms with Crippen LogP contribution < -0.4 is 0 Å². The number of aliphatic hydroxyl groups is 2. The van der Waals surface area contributed by atoms with E-state index in [1.165, 1.54) is 0 Å². The summed E-state index contributed by atoms with van der Waals surface area (Å²) in [5.74, 6) is 0. The molecule has 2 unspecified atom stereocenters. The maximum Gasteiger partial charge on any atom is 2.00 e. The van der Waals surface area contributed by atoms with Crippen molar-refractivity contribution in [2.24, 2.45) is 0 Å². The SMILES string of the molecule is CC(O)COC(C)CO.[Mg+2].[O-2]. The molecular weight excluding hydrogens is 160 g/mol. The Morgan fingerprint density at radius 1 is 1.36 bits per heavy atom. The minimum Gasteiger partial charge on any atom is -2.00 e. The summed E-state index contributed by atoms with van der Waals surface area (Å²) in [7, 11) is 0. The first-order valence-corrected chi connectivity index (χ1v) is 3.07. The van der Waals surface area contributed by atoms with Gasteiger partial charge in [-0.15, -0.1) is 0 Å². The van der Waals surface area contributed by atoms with Crippen molar-refractivity contribution in [2.45, 2.75) is 26.1 Å². The zero-order valence-electron chi connectivity index (χ0n) is 6.99. The molecule has 0 rings (SSSR count). The average molecular weight is 174 g/mol. The van der Waals surface area contributed by atoms with E-state index in [0.29, 0.717) is 6.61 Å². The van der Waals surface area contributed by atoms with E-state index in [0.717, 1.165) is 0 Å². The van der Waals surface area contributed by atoms with E-state index in [-0.39, 0.29) is 41.2 Å². The van der Waals surface area contributed by atoms with E-state index in [2.05, 4.69) is 0 Å². The van der Waals surface area contributed by atoms with Crippen LogP contribution in [0.1, 0.15) is 13.8 Å². The second-order valence-corrected chi connectivity index (χ2v) is 2.18. The number of rotatable bonds is 4. The minimum atomic E-state index is -0.445. The molecule has 2 atom stereocenters. The molecule has 11 heavy (non-hydrogen) atoms. The summed E-state index contributed by atoms with van der Waals surface area (Å²) < 4.78 is 4.95. The summed E-state index contributed by atoms with van der Waals surface area (Å²) in [5.41, 5.74) is 0. The van der Waals surface area contributed by atoms with Crippen molar-refractivity contribution in [1.29, 1.82) is 0 Å². The van der Waals surface area contributed by atoms with E-state index < -0.39 is 6.10 Å². The van der Waals surface area contributed by atoms with Crippen molar-refractivity contribution in [3.8, 4) is 0 Å². The Balaban J connectivity index is -0.000000320. The molecular formula is C6H14MgO4. The fourth-order valence-electron chi connectivity index (χ4n) is 0.356. The van der Waals surface area contributed by atoms with Gasteiger partial charge in [-0.25, -0.2) is 0 Å². The molecule has 5 heteroatoms. The molecule has 0 aromatic heterocycles. The molecule has 0 radical (unpaired) electrons. The molecule has 0 aromatic rings. The van der Waals surface area contributed by atoms with Crippen LogP contribution in [-0.2, 0) is 10.2 Å². The van der Waals surface area contributed by atoms with Gasteiger partial charge in [-0.3, -0.25) is 0 Å². The number of hydrogen-bond acceptors (Lipinski definition) is 3. The first kappa shape index (κ1) is 17.6. The molecule has 0 aliphatic carbocycles. The number of aliphatic hydroxyl groups excluding tert-OH is 2. The van der Waals surface area contributed by atoms with Gasteiger partial charge < -0.3 is 20.4 Å². The van der Waals surface area contributed by atoms with Crippen molar-refractivity contribution in [3.63, 3.8) is 0 Å². The van der Waals surface area contributed by atoms with E-state index in [4.69, 9.17) is 14.9 Å². The van der Waals surface area contributed by atoms with Crippen molar-refractivity contribution in [1.82, 2.24) is 0 Å². The van der Waals surface area contributed by atoms with Crippen LogP contribution in [0.2, 0.25) is 0 Å². The molecule has 2 N–H and O–H groups in total. The van der Waals surface area contributed by atoms with Crippen LogP contribution in [0.25, 0.3) is 0 Å². The van der Waals surface area contributed by atoms with Crippen molar-refractivity contribution < 1.29 is 20.4 Å². The third-order valence-electron chi connectivity index (χ3n) is 0.879. The van der Waals surface area contributed by atoms with Gasteiger partial charge in [0, 0.05) is 0 Å². The second kappa shape index (κ2) is 10.6. The molecule has 0 aromatic carbocycles. The van der Waals surface area contributed by atoms with Crippen LogP contribution in [0, 0.1) is 0 Å². The molecule has 0 aliphatic rings. The molecule has 0 spiro atoms. The van der Waals surface area contributed by atoms with Crippen molar-refractivity contribution >= 4 is 23.1 Å². The topological polar surface area (TPSA) is 78.2 Å². The smallest absolute Gasteiger partial charge is 2.00 e. The van der Waals surface area contributed by atoms with Gasteiger partial charge in [0.2, 0.25) is 0 Å². The Morgan fingerprint density at radius 2 is 1.82 bits per heavy atom. The first-order valence-electron chi connectivity index (χ1n) is 3.07. The molecule has 0 heterocycles. The molecule has 0 saturated carbocycles. The molecule has 0 bridgehead atoms. The molecule has 4 nitrogen and oxygen atoms in total. The van der Waals surface area contributed by atoms with Crippen LogP contribution >= 0.6 is 0 Å².